The van der Waals surface area contributed by atoms with E-state index in [1.807, 2.05) is 0 Å². The zero-order valence-electron chi connectivity index (χ0n) is 14.5. The van der Waals surface area contributed by atoms with Crippen LogP contribution in [0.4, 0.5) is 0 Å². The van der Waals surface area contributed by atoms with Gasteiger partial charge in [-0.15, -0.1) is 0 Å². The van der Waals surface area contributed by atoms with Gasteiger partial charge in [0.15, 0.2) is 0 Å². The van der Waals surface area contributed by atoms with Crippen LogP contribution in [0.2, 0.25) is 0 Å². The third-order valence-corrected chi connectivity index (χ3v) is 8.51. The van der Waals surface area contributed by atoms with Crippen molar-refractivity contribution in [2.75, 3.05) is 6.61 Å². The molecule has 0 saturated heterocycles. The van der Waals surface area contributed by atoms with E-state index in [2.05, 4.69) is 19.9 Å². The average molecular weight is 320 g/mol. The van der Waals surface area contributed by atoms with Crippen LogP contribution >= 0.6 is 0 Å². The average Bonchev–Trinajstić information content (AvgIpc) is 2.82. The van der Waals surface area contributed by atoms with Crippen LogP contribution < -0.4 is 0 Å². The quantitative estimate of drug-likeness (QED) is 0.651. The number of rotatable bonds is 1. The van der Waals surface area contributed by atoms with Crippen molar-refractivity contribution in [3.63, 3.8) is 0 Å². The Morgan fingerprint density at radius 3 is 2.70 bits per heavy atom. The van der Waals surface area contributed by atoms with Crippen molar-refractivity contribution in [2.45, 2.75) is 71.0 Å². The minimum atomic E-state index is -0.241. The Labute approximate surface area is 139 Å². The summed E-state index contributed by atoms with van der Waals surface area (Å²) in [4.78, 5) is 0. The highest BCUT2D eigenvalue weighted by Gasteiger charge is 2.61. The molecule has 4 aliphatic carbocycles. The van der Waals surface area contributed by atoms with Crippen LogP contribution in [0.25, 0.3) is 0 Å². The molecule has 23 heavy (non-hydrogen) atoms. The topological polar surface area (TPSA) is 60.7 Å². The van der Waals surface area contributed by atoms with E-state index in [-0.39, 0.29) is 29.6 Å². The standard InChI is InChI=1S/C20H32O3/c1-12-9-14(22)10-13-3-4-15-16-5-6-18(23)19(16,2)8-7-17(15)20(12,13)11-21/h3,12,14-18,21-23H,4-11H2,1-2H3/t12-,14-,15-,16-,17-,18-,19-,20-/m0/s1. The van der Waals surface area contributed by atoms with Gasteiger partial charge in [0.25, 0.3) is 0 Å². The maximum atomic E-state index is 10.5. The Morgan fingerprint density at radius 1 is 1.17 bits per heavy atom. The molecule has 3 heteroatoms. The second kappa shape index (κ2) is 5.31. The predicted molar refractivity (Wildman–Crippen MR) is 89.7 cm³/mol. The van der Waals surface area contributed by atoms with Crippen molar-refractivity contribution < 1.29 is 15.3 Å². The highest BCUT2D eigenvalue weighted by Crippen LogP contribution is 2.65. The Balaban J connectivity index is 1.74. The van der Waals surface area contributed by atoms with Gasteiger partial charge in [0.1, 0.15) is 0 Å². The van der Waals surface area contributed by atoms with Gasteiger partial charge < -0.3 is 15.3 Å². The molecule has 3 saturated carbocycles. The van der Waals surface area contributed by atoms with Gasteiger partial charge in [-0.25, -0.2) is 0 Å². The molecule has 0 aromatic heterocycles. The highest BCUT2D eigenvalue weighted by atomic mass is 16.3. The summed E-state index contributed by atoms with van der Waals surface area (Å²) in [5.74, 6) is 2.06. The van der Waals surface area contributed by atoms with E-state index in [1.165, 1.54) is 5.57 Å². The first kappa shape index (κ1) is 16.1. The van der Waals surface area contributed by atoms with Crippen molar-refractivity contribution in [2.24, 2.45) is 34.5 Å². The molecule has 0 radical (unpaired) electrons. The number of hydrogen-bond acceptors (Lipinski definition) is 3. The monoisotopic (exact) mass is 320 g/mol. The summed E-state index contributed by atoms with van der Waals surface area (Å²) >= 11 is 0. The molecule has 0 aromatic carbocycles. The minimum Gasteiger partial charge on any atom is -0.395 e. The van der Waals surface area contributed by atoms with E-state index in [0.717, 1.165) is 44.9 Å². The van der Waals surface area contributed by atoms with Gasteiger partial charge in [0.05, 0.1) is 18.8 Å². The Hall–Kier alpha value is -0.380. The molecule has 0 bridgehead atoms. The van der Waals surface area contributed by atoms with Crippen molar-refractivity contribution >= 4 is 0 Å². The molecule has 0 unspecified atom stereocenters. The summed E-state index contributed by atoms with van der Waals surface area (Å²) in [5.41, 5.74) is 1.30. The summed E-state index contributed by atoms with van der Waals surface area (Å²) in [7, 11) is 0. The fraction of sp³-hybridized carbons (Fsp3) is 0.900. The first-order valence-corrected chi connectivity index (χ1v) is 9.60. The summed E-state index contributed by atoms with van der Waals surface area (Å²) < 4.78 is 0. The first-order chi connectivity index (χ1) is 10.9. The molecule has 0 aromatic rings. The summed E-state index contributed by atoms with van der Waals surface area (Å²) in [5, 5.41) is 31.2. The number of hydrogen-bond donors (Lipinski definition) is 3. The molecule has 0 spiro atoms. The fourth-order valence-electron chi connectivity index (χ4n) is 7.22. The van der Waals surface area contributed by atoms with E-state index >= 15 is 0 Å². The second-order valence-corrected chi connectivity index (χ2v) is 9.17. The fourth-order valence-corrected chi connectivity index (χ4v) is 7.22. The Morgan fingerprint density at radius 2 is 1.96 bits per heavy atom. The van der Waals surface area contributed by atoms with Gasteiger partial charge in [0.2, 0.25) is 0 Å². The third-order valence-electron chi connectivity index (χ3n) is 8.51. The molecule has 3 fully saturated rings. The van der Waals surface area contributed by atoms with Crippen LogP contribution in [0.15, 0.2) is 11.6 Å². The molecule has 8 atom stereocenters. The Bertz CT molecular complexity index is 515. The van der Waals surface area contributed by atoms with Crippen LogP contribution in [-0.2, 0) is 0 Å². The summed E-state index contributed by atoms with van der Waals surface area (Å²) in [6.07, 6.45) is 8.90. The van der Waals surface area contributed by atoms with Crippen LogP contribution in [0.3, 0.4) is 0 Å². The lowest BCUT2D eigenvalue weighted by molar-refractivity contribution is -0.107. The third kappa shape index (κ3) is 1.99. The zero-order chi connectivity index (χ0) is 16.4. The van der Waals surface area contributed by atoms with Gasteiger partial charge in [-0.3, -0.25) is 0 Å². The molecule has 3 N–H and O–H groups in total. The van der Waals surface area contributed by atoms with Gasteiger partial charge in [0, 0.05) is 5.41 Å². The zero-order valence-corrected chi connectivity index (χ0v) is 14.5. The van der Waals surface area contributed by atoms with E-state index in [1.54, 1.807) is 0 Å². The number of allylic oxidation sites excluding steroid dienone is 1. The summed E-state index contributed by atoms with van der Waals surface area (Å²) in [6.45, 7) is 4.75. The SMILES string of the molecule is C[C@H]1C[C@H](O)CC2=CC[C@H]3[C@@H]4CC[C@H](O)[C@@]4(C)CC[C@@H]3[C@]21CO. The molecule has 4 aliphatic rings. The number of fused-ring (bicyclic) bond motifs is 5. The Kier molecular flexibility index (Phi) is 3.72. The molecule has 0 amide bonds. The molecular weight excluding hydrogens is 288 g/mol. The van der Waals surface area contributed by atoms with Crippen molar-refractivity contribution in [1.29, 1.82) is 0 Å². The number of aliphatic hydroxyl groups is 3. The van der Waals surface area contributed by atoms with Crippen LogP contribution in [0.1, 0.15) is 58.8 Å². The molecule has 0 aliphatic heterocycles. The van der Waals surface area contributed by atoms with Crippen molar-refractivity contribution in [3.8, 4) is 0 Å². The van der Waals surface area contributed by atoms with E-state index < -0.39 is 0 Å². The second-order valence-electron chi connectivity index (χ2n) is 9.17. The predicted octanol–water partition coefficient (Wildman–Crippen LogP) is 2.89. The van der Waals surface area contributed by atoms with Gasteiger partial charge >= 0.3 is 0 Å². The normalized spacial score (nSPS) is 55.6. The van der Waals surface area contributed by atoms with Gasteiger partial charge in [-0.1, -0.05) is 25.5 Å². The molecule has 130 valence electrons. The lowest BCUT2D eigenvalue weighted by atomic mass is 9.45. The van der Waals surface area contributed by atoms with Gasteiger partial charge in [-0.2, -0.15) is 0 Å². The van der Waals surface area contributed by atoms with E-state index in [9.17, 15) is 15.3 Å². The lowest BCUT2D eigenvalue weighted by Crippen LogP contribution is -2.56. The first-order valence-electron chi connectivity index (χ1n) is 9.60. The van der Waals surface area contributed by atoms with E-state index in [0.29, 0.717) is 23.7 Å². The molecule has 3 nitrogen and oxygen atoms in total. The lowest BCUT2D eigenvalue weighted by Gasteiger charge is -2.60. The molecule has 4 rings (SSSR count). The van der Waals surface area contributed by atoms with Crippen molar-refractivity contribution in [1.82, 2.24) is 0 Å². The summed E-state index contributed by atoms with van der Waals surface area (Å²) in [6, 6.07) is 0. The number of aliphatic hydroxyl groups excluding tert-OH is 3. The maximum Gasteiger partial charge on any atom is 0.0596 e. The van der Waals surface area contributed by atoms with E-state index in [4.69, 9.17) is 0 Å². The largest absolute Gasteiger partial charge is 0.395 e. The highest BCUT2D eigenvalue weighted by molar-refractivity contribution is 5.28. The minimum absolute atomic E-state index is 0.0839. The molecular formula is C20H32O3. The van der Waals surface area contributed by atoms with Crippen LogP contribution in [-0.4, -0.2) is 34.1 Å². The smallest absolute Gasteiger partial charge is 0.0596 e. The van der Waals surface area contributed by atoms with Crippen LogP contribution in [0, 0.1) is 34.5 Å². The molecule has 0 heterocycles. The maximum absolute atomic E-state index is 10.5. The van der Waals surface area contributed by atoms with Gasteiger partial charge in [-0.05, 0) is 74.0 Å². The van der Waals surface area contributed by atoms with Crippen molar-refractivity contribution in [3.05, 3.63) is 11.6 Å². The van der Waals surface area contributed by atoms with Crippen LogP contribution in [0.5, 0.6) is 0 Å².